The Morgan fingerprint density at radius 2 is 1.85 bits per heavy atom. The zero-order valence-electron chi connectivity index (χ0n) is 19.4. The van der Waals surface area contributed by atoms with Gasteiger partial charge in [0.25, 0.3) is 5.91 Å². The normalized spacial score (nSPS) is 10.8. The predicted molar refractivity (Wildman–Crippen MR) is 132 cm³/mol. The minimum atomic E-state index is -0.232. The summed E-state index contributed by atoms with van der Waals surface area (Å²) in [5.41, 5.74) is 6.11. The molecule has 3 amide bonds. The summed E-state index contributed by atoms with van der Waals surface area (Å²) in [5, 5.41) is 9.76. The van der Waals surface area contributed by atoms with E-state index in [4.69, 9.17) is 0 Å². The summed E-state index contributed by atoms with van der Waals surface area (Å²) in [4.78, 5) is 31.3. The van der Waals surface area contributed by atoms with Crippen molar-refractivity contribution in [2.75, 3.05) is 23.9 Å². The maximum absolute atomic E-state index is 13.4. The second-order valence-electron chi connectivity index (χ2n) is 7.88. The molecule has 2 heterocycles. The van der Waals surface area contributed by atoms with Crippen molar-refractivity contribution >= 4 is 34.3 Å². The van der Waals surface area contributed by atoms with Crippen LogP contribution in [0.4, 0.5) is 16.3 Å². The van der Waals surface area contributed by atoms with E-state index in [1.807, 2.05) is 62.6 Å². The highest BCUT2D eigenvalue weighted by Gasteiger charge is 2.19. The largest absolute Gasteiger partial charge is 0.328 e. The number of hydrazine groups is 1. The fourth-order valence-electron chi connectivity index (χ4n) is 3.43. The maximum atomic E-state index is 13.4. The first kappa shape index (κ1) is 22.9. The van der Waals surface area contributed by atoms with Crippen molar-refractivity contribution in [3.05, 3.63) is 84.2 Å². The number of carbonyl (C=O) groups excluding carboxylic acids is 2. The molecular formula is C25H27N7O2. The summed E-state index contributed by atoms with van der Waals surface area (Å²) in [6, 6.07) is 18.2. The van der Waals surface area contributed by atoms with Gasteiger partial charge in [0, 0.05) is 50.5 Å². The summed E-state index contributed by atoms with van der Waals surface area (Å²) in [6.45, 7) is 2.83. The van der Waals surface area contributed by atoms with E-state index in [2.05, 4.69) is 20.8 Å². The van der Waals surface area contributed by atoms with E-state index >= 15 is 0 Å². The standard InChI is InChI=1S/C25H27N7O2/c1-4-30(2)25(34)28-23-14-18(12-13-26-23)16-27-32(24(33)19-8-6-5-7-9-19)21-11-10-20-17-31(3)29-22(20)15-21/h5-15,17,27H,4,16H2,1-3H3,(H,26,28,34). The molecule has 0 aliphatic carbocycles. The molecule has 9 heteroatoms. The van der Waals surface area contributed by atoms with Gasteiger partial charge in [-0.05, 0) is 55.0 Å². The molecule has 2 aromatic heterocycles. The van der Waals surface area contributed by atoms with Crippen LogP contribution < -0.4 is 15.8 Å². The van der Waals surface area contributed by atoms with E-state index in [0.29, 0.717) is 30.2 Å². The van der Waals surface area contributed by atoms with Crippen LogP contribution in [-0.4, -0.2) is 45.2 Å². The van der Waals surface area contributed by atoms with Gasteiger partial charge in [-0.25, -0.2) is 20.2 Å². The van der Waals surface area contributed by atoms with E-state index in [-0.39, 0.29) is 11.9 Å². The van der Waals surface area contributed by atoms with E-state index in [1.165, 1.54) is 5.01 Å². The number of carbonyl (C=O) groups is 2. The lowest BCUT2D eigenvalue weighted by Gasteiger charge is -2.24. The molecule has 2 N–H and O–H groups in total. The van der Waals surface area contributed by atoms with E-state index in [1.54, 1.807) is 41.0 Å². The number of benzene rings is 2. The average Bonchev–Trinajstić information content (AvgIpc) is 3.23. The Morgan fingerprint density at radius 3 is 2.62 bits per heavy atom. The Labute approximate surface area is 198 Å². The molecule has 9 nitrogen and oxygen atoms in total. The number of amides is 3. The number of pyridine rings is 1. The van der Waals surface area contributed by atoms with Crippen molar-refractivity contribution in [3.8, 4) is 0 Å². The van der Waals surface area contributed by atoms with Gasteiger partial charge < -0.3 is 4.90 Å². The third kappa shape index (κ3) is 5.21. The summed E-state index contributed by atoms with van der Waals surface area (Å²) in [6.07, 6.45) is 3.56. The highest BCUT2D eigenvalue weighted by molar-refractivity contribution is 6.06. The van der Waals surface area contributed by atoms with Crippen LogP contribution in [0.25, 0.3) is 10.9 Å². The van der Waals surface area contributed by atoms with Gasteiger partial charge in [0.15, 0.2) is 0 Å². The summed E-state index contributed by atoms with van der Waals surface area (Å²) >= 11 is 0. The molecule has 0 spiro atoms. The number of hydrogen-bond acceptors (Lipinski definition) is 5. The second-order valence-corrected chi connectivity index (χ2v) is 7.88. The van der Waals surface area contributed by atoms with Crippen LogP contribution >= 0.6 is 0 Å². The monoisotopic (exact) mass is 457 g/mol. The van der Waals surface area contributed by atoms with Crippen molar-refractivity contribution in [2.24, 2.45) is 7.05 Å². The summed E-state index contributed by atoms with van der Waals surface area (Å²) < 4.78 is 1.74. The van der Waals surface area contributed by atoms with Crippen LogP contribution in [0.5, 0.6) is 0 Å². The van der Waals surface area contributed by atoms with Gasteiger partial charge in [0.05, 0.1) is 11.2 Å². The first-order valence-corrected chi connectivity index (χ1v) is 11.0. The molecule has 0 saturated heterocycles. The Morgan fingerprint density at radius 1 is 1.06 bits per heavy atom. The zero-order chi connectivity index (χ0) is 24.1. The molecule has 0 aliphatic rings. The minimum absolute atomic E-state index is 0.192. The van der Waals surface area contributed by atoms with Crippen molar-refractivity contribution in [1.82, 2.24) is 25.1 Å². The average molecular weight is 458 g/mol. The van der Waals surface area contributed by atoms with Gasteiger partial charge >= 0.3 is 6.03 Å². The number of nitrogens with one attached hydrogen (secondary N) is 2. The van der Waals surface area contributed by atoms with Crippen LogP contribution in [0.15, 0.2) is 73.1 Å². The molecule has 0 saturated carbocycles. The molecule has 2 aromatic carbocycles. The van der Waals surface area contributed by atoms with E-state index < -0.39 is 0 Å². The van der Waals surface area contributed by atoms with Gasteiger partial charge in [0.1, 0.15) is 5.82 Å². The molecular weight excluding hydrogens is 430 g/mol. The fourth-order valence-corrected chi connectivity index (χ4v) is 3.43. The summed E-state index contributed by atoms with van der Waals surface area (Å²) in [7, 11) is 3.58. The third-order valence-electron chi connectivity index (χ3n) is 5.41. The predicted octanol–water partition coefficient (Wildman–Crippen LogP) is 3.80. The molecule has 4 rings (SSSR count). The van der Waals surface area contributed by atoms with Gasteiger partial charge in [0.2, 0.25) is 0 Å². The van der Waals surface area contributed by atoms with Crippen LogP contribution in [-0.2, 0) is 13.6 Å². The zero-order valence-corrected chi connectivity index (χ0v) is 19.4. The molecule has 34 heavy (non-hydrogen) atoms. The van der Waals surface area contributed by atoms with Crippen LogP contribution in [0.2, 0.25) is 0 Å². The molecule has 0 unspecified atom stereocenters. The number of hydrogen-bond donors (Lipinski definition) is 2. The Hall–Kier alpha value is -4.24. The highest BCUT2D eigenvalue weighted by Crippen LogP contribution is 2.22. The summed E-state index contributed by atoms with van der Waals surface area (Å²) in [5.74, 6) is 0.253. The molecule has 0 aliphatic heterocycles. The molecule has 0 atom stereocenters. The maximum Gasteiger partial charge on any atom is 0.322 e. The van der Waals surface area contributed by atoms with Gasteiger partial charge in [-0.15, -0.1) is 0 Å². The number of nitrogens with zero attached hydrogens (tertiary/aromatic N) is 5. The number of anilines is 2. The number of urea groups is 1. The lowest BCUT2D eigenvalue weighted by atomic mass is 10.2. The molecule has 0 bridgehead atoms. The lowest BCUT2D eigenvalue weighted by Crippen LogP contribution is -2.42. The van der Waals surface area contributed by atoms with Crippen LogP contribution in [0, 0.1) is 0 Å². The number of rotatable bonds is 7. The Balaban J connectivity index is 1.58. The van der Waals surface area contributed by atoms with Crippen molar-refractivity contribution < 1.29 is 9.59 Å². The van der Waals surface area contributed by atoms with Gasteiger partial charge in [-0.1, -0.05) is 18.2 Å². The van der Waals surface area contributed by atoms with Crippen LogP contribution in [0.3, 0.4) is 0 Å². The van der Waals surface area contributed by atoms with Crippen molar-refractivity contribution in [1.29, 1.82) is 0 Å². The second kappa shape index (κ2) is 10.1. The van der Waals surface area contributed by atoms with Crippen molar-refractivity contribution in [2.45, 2.75) is 13.5 Å². The van der Waals surface area contributed by atoms with E-state index in [0.717, 1.165) is 16.5 Å². The van der Waals surface area contributed by atoms with E-state index in [9.17, 15) is 9.59 Å². The number of aromatic nitrogens is 3. The quantitative estimate of drug-likeness (QED) is 0.412. The minimum Gasteiger partial charge on any atom is -0.328 e. The molecule has 0 radical (unpaired) electrons. The SMILES string of the molecule is CCN(C)C(=O)Nc1cc(CNN(C(=O)c2ccccc2)c2ccc3cn(C)nc3c2)ccn1. The first-order chi connectivity index (χ1) is 16.4. The smallest absolute Gasteiger partial charge is 0.322 e. The number of aryl methyl sites for hydroxylation is 1. The fraction of sp³-hybridized carbons (Fsp3) is 0.200. The highest BCUT2D eigenvalue weighted by atomic mass is 16.2. The Kier molecular flexibility index (Phi) is 6.84. The molecule has 0 fully saturated rings. The molecule has 174 valence electrons. The van der Waals surface area contributed by atoms with Gasteiger partial charge in [-0.3, -0.25) is 14.8 Å². The lowest BCUT2D eigenvalue weighted by molar-refractivity contribution is 0.0973. The molecule has 4 aromatic rings. The topological polar surface area (TPSA) is 95.4 Å². The first-order valence-electron chi connectivity index (χ1n) is 11.0. The number of fused-ring (bicyclic) bond motifs is 1. The van der Waals surface area contributed by atoms with Crippen molar-refractivity contribution in [3.63, 3.8) is 0 Å². The van der Waals surface area contributed by atoms with Crippen LogP contribution in [0.1, 0.15) is 22.8 Å². The third-order valence-corrected chi connectivity index (χ3v) is 5.41. The van der Waals surface area contributed by atoms with Gasteiger partial charge in [-0.2, -0.15) is 5.10 Å². The Bertz CT molecular complexity index is 1300.